The Bertz CT molecular complexity index is 560. The first-order valence-corrected chi connectivity index (χ1v) is 6.56. The number of nitrogens with zero attached hydrogens (tertiary/aromatic N) is 3. The molecule has 108 valence electrons. The van der Waals surface area contributed by atoms with Gasteiger partial charge in [-0.15, -0.1) is 5.10 Å². The summed E-state index contributed by atoms with van der Waals surface area (Å²) < 4.78 is 10.0. The van der Waals surface area contributed by atoms with Gasteiger partial charge in [0.2, 0.25) is 5.75 Å². The lowest BCUT2D eigenvalue weighted by molar-refractivity contribution is -0.385. The maximum absolute atomic E-state index is 11.0. The molecule has 0 aromatic heterocycles. The molecular weight excluding hydrogens is 284 g/mol. The van der Waals surface area contributed by atoms with Crippen molar-refractivity contribution in [1.82, 2.24) is 0 Å². The van der Waals surface area contributed by atoms with Crippen LogP contribution in [0.1, 0.15) is 5.56 Å². The number of nitro benzene ring substituents is 1. The fourth-order valence-corrected chi connectivity index (χ4v) is 1.50. The second-order valence-electron chi connectivity index (χ2n) is 3.42. The number of nitrogens with two attached hydrogens (primary N) is 1. The number of ether oxygens (including phenoxy) is 2. The van der Waals surface area contributed by atoms with Crippen molar-refractivity contribution in [3.05, 3.63) is 27.8 Å². The highest BCUT2D eigenvalue weighted by Gasteiger charge is 2.20. The Morgan fingerprint density at radius 2 is 2.15 bits per heavy atom. The van der Waals surface area contributed by atoms with Gasteiger partial charge in [0.1, 0.15) is 0 Å². The van der Waals surface area contributed by atoms with Gasteiger partial charge in [0.15, 0.2) is 10.9 Å². The zero-order valence-corrected chi connectivity index (χ0v) is 12.0. The molecule has 2 N–H and O–H groups in total. The number of hydrogen-bond donors (Lipinski definition) is 1. The zero-order valence-electron chi connectivity index (χ0n) is 11.2. The first-order valence-electron chi connectivity index (χ1n) is 5.34. The lowest BCUT2D eigenvalue weighted by Crippen LogP contribution is -2.04. The van der Waals surface area contributed by atoms with Crippen LogP contribution in [-0.4, -0.2) is 36.8 Å². The van der Waals surface area contributed by atoms with Gasteiger partial charge in [-0.3, -0.25) is 10.1 Å². The quantitative estimate of drug-likeness (QED) is 0.382. The van der Waals surface area contributed by atoms with E-state index in [1.807, 2.05) is 0 Å². The predicted octanol–water partition coefficient (Wildman–Crippen LogP) is 1.62. The highest BCUT2D eigenvalue weighted by atomic mass is 32.2. The van der Waals surface area contributed by atoms with Crippen LogP contribution in [0.2, 0.25) is 0 Å². The lowest BCUT2D eigenvalue weighted by atomic mass is 10.2. The Hall–Kier alpha value is -2.29. The van der Waals surface area contributed by atoms with Crippen molar-refractivity contribution in [3.63, 3.8) is 0 Å². The Morgan fingerprint density at radius 1 is 1.45 bits per heavy atom. The van der Waals surface area contributed by atoms with Crippen LogP contribution in [0.4, 0.5) is 5.69 Å². The minimum absolute atomic E-state index is 0.0572. The number of nitro groups is 1. The van der Waals surface area contributed by atoms with Gasteiger partial charge < -0.3 is 15.2 Å². The standard InChI is InChI=1S/C11H14N4O4S/c1-18-9-5-7(6-13-14-11(12)20-3)4-8(15(16)17)10(9)19-2/h4-6H,1-3H3,(H2,12,14)/b13-6-. The molecule has 0 radical (unpaired) electrons. The molecule has 20 heavy (non-hydrogen) atoms. The van der Waals surface area contributed by atoms with E-state index in [0.717, 1.165) is 0 Å². The normalized spacial score (nSPS) is 11.7. The zero-order chi connectivity index (χ0) is 15.1. The second-order valence-corrected chi connectivity index (χ2v) is 4.25. The smallest absolute Gasteiger partial charge is 0.315 e. The van der Waals surface area contributed by atoms with Crippen molar-refractivity contribution in [2.45, 2.75) is 0 Å². The van der Waals surface area contributed by atoms with Crippen molar-refractivity contribution in [2.24, 2.45) is 15.9 Å². The van der Waals surface area contributed by atoms with Crippen LogP contribution in [0.5, 0.6) is 11.5 Å². The van der Waals surface area contributed by atoms with Gasteiger partial charge in [-0.05, 0) is 12.3 Å². The average molecular weight is 298 g/mol. The molecule has 1 aromatic rings. The van der Waals surface area contributed by atoms with Crippen LogP contribution in [0.25, 0.3) is 0 Å². The molecule has 0 atom stereocenters. The van der Waals surface area contributed by atoms with Crippen LogP contribution >= 0.6 is 11.8 Å². The number of amidine groups is 1. The number of thioether (sulfide) groups is 1. The Morgan fingerprint density at radius 3 is 2.65 bits per heavy atom. The summed E-state index contributed by atoms with van der Waals surface area (Å²) in [6.45, 7) is 0. The highest BCUT2D eigenvalue weighted by Crippen LogP contribution is 2.37. The molecule has 0 saturated heterocycles. The van der Waals surface area contributed by atoms with Gasteiger partial charge in [-0.25, -0.2) is 0 Å². The molecule has 0 saturated carbocycles. The van der Waals surface area contributed by atoms with Crippen molar-refractivity contribution in [1.29, 1.82) is 0 Å². The van der Waals surface area contributed by atoms with E-state index in [9.17, 15) is 10.1 Å². The molecule has 0 spiro atoms. The molecule has 1 aromatic carbocycles. The summed E-state index contributed by atoms with van der Waals surface area (Å²) in [6, 6.07) is 2.87. The number of rotatable bonds is 5. The van der Waals surface area contributed by atoms with Gasteiger partial charge in [-0.2, -0.15) is 5.10 Å². The van der Waals surface area contributed by atoms with E-state index >= 15 is 0 Å². The van der Waals surface area contributed by atoms with E-state index in [0.29, 0.717) is 5.56 Å². The van der Waals surface area contributed by atoms with Crippen LogP contribution in [-0.2, 0) is 0 Å². The van der Waals surface area contributed by atoms with E-state index in [-0.39, 0.29) is 22.4 Å². The largest absolute Gasteiger partial charge is 0.493 e. The van der Waals surface area contributed by atoms with E-state index < -0.39 is 4.92 Å². The third-order valence-electron chi connectivity index (χ3n) is 2.25. The maximum Gasteiger partial charge on any atom is 0.315 e. The van der Waals surface area contributed by atoms with Crippen molar-refractivity contribution in [2.75, 3.05) is 20.5 Å². The first-order chi connectivity index (χ1) is 9.53. The monoisotopic (exact) mass is 298 g/mol. The molecule has 0 aliphatic heterocycles. The molecule has 0 aliphatic rings. The molecule has 0 unspecified atom stereocenters. The first kappa shape index (κ1) is 15.8. The molecule has 0 aliphatic carbocycles. The molecule has 0 heterocycles. The van der Waals surface area contributed by atoms with E-state index in [4.69, 9.17) is 15.2 Å². The number of benzene rings is 1. The van der Waals surface area contributed by atoms with Gasteiger partial charge in [0, 0.05) is 11.6 Å². The summed E-state index contributed by atoms with van der Waals surface area (Å²) >= 11 is 1.24. The summed E-state index contributed by atoms with van der Waals surface area (Å²) in [5, 5.41) is 18.7. The summed E-state index contributed by atoms with van der Waals surface area (Å²) in [6.07, 6.45) is 3.10. The molecular formula is C11H14N4O4S. The van der Waals surface area contributed by atoms with Crippen LogP contribution in [0.15, 0.2) is 22.3 Å². The topological polar surface area (TPSA) is 112 Å². The van der Waals surface area contributed by atoms with Gasteiger partial charge in [0.05, 0.1) is 25.4 Å². The minimum Gasteiger partial charge on any atom is -0.493 e. The highest BCUT2D eigenvalue weighted by molar-refractivity contribution is 8.13. The van der Waals surface area contributed by atoms with Crippen LogP contribution in [0, 0.1) is 10.1 Å². The van der Waals surface area contributed by atoms with Crippen molar-refractivity contribution >= 4 is 28.8 Å². The van der Waals surface area contributed by atoms with E-state index in [1.165, 1.54) is 38.3 Å². The Balaban J connectivity index is 3.22. The third kappa shape index (κ3) is 3.85. The van der Waals surface area contributed by atoms with Crippen LogP contribution in [0.3, 0.4) is 0 Å². The van der Waals surface area contributed by atoms with Crippen molar-refractivity contribution in [3.8, 4) is 11.5 Å². The fraction of sp³-hybridized carbons (Fsp3) is 0.273. The number of methoxy groups -OCH3 is 2. The summed E-state index contributed by atoms with van der Waals surface area (Å²) in [4.78, 5) is 10.4. The number of hydrogen-bond acceptors (Lipinski definition) is 7. The Kier molecular flexibility index (Phi) is 5.78. The fourth-order valence-electron chi connectivity index (χ4n) is 1.37. The average Bonchev–Trinajstić information content (AvgIpc) is 2.45. The van der Waals surface area contributed by atoms with Gasteiger partial charge in [-0.1, -0.05) is 11.8 Å². The Labute approximate surface area is 119 Å². The minimum atomic E-state index is -0.557. The summed E-state index contributed by atoms with van der Waals surface area (Å²) in [7, 11) is 2.73. The van der Waals surface area contributed by atoms with Crippen LogP contribution < -0.4 is 15.2 Å². The van der Waals surface area contributed by atoms with E-state index in [1.54, 1.807) is 12.3 Å². The SMILES string of the molecule is COc1cc(/C=N\N=C(/N)SC)cc([N+](=O)[O-])c1OC. The summed E-state index contributed by atoms with van der Waals surface area (Å²) in [5.41, 5.74) is 5.70. The second kappa shape index (κ2) is 7.34. The molecule has 0 amide bonds. The third-order valence-corrected chi connectivity index (χ3v) is 2.75. The van der Waals surface area contributed by atoms with Crippen molar-refractivity contribution < 1.29 is 14.4 Å². The van der Waals surface area contributed by atoms with E-state index in [2.05, 4.69) is 10.2 Å². The molecule has 0 fully saturated rings. The van der Waals surface area contributed by atoms with Gasteiger partial charge in [0.25, 0.3) is 0 Å². The molecule has 9 heteroatoms. The summed E-state index contributed by atoms with van der Waals surface area (Å²) in [5.74, 6) is 0.298. The van der Waals surface area contributed by atoms with Gasteiger partial charge >= 0.3 is 5.69 Å². The molecule has 1 rings (SSSR count). The predicted molar refractivity (Wildman–Crippen MR) is 78.9 cm³/mol. The lowest BCUT2D eigenvalue weighted by Gasteiger charge is -2.08. The maximum atomic E-state index is 11.0. The molecule has 8 nitrogen and oxygen atoms in total. The molecule has 0 bridgehead atoms.